The maximum Gasteiger partial charge on any atom is 0.239 e. The Balaban J connectivity index is 1.98. The van der Waals surface area contributed by atoms with Gasteiger partial charge in [-0.1, -0.05) is 5.16 Å². The van der Waals surface area contributed by atoms with Crippen LogP contribution in [0.1, 0.15) is 17.0 Å². The third-order valence-electron chi connectivity index (χ3n) is 2.60. The van der Waals surface area contributed by atoms with Crippen molar-refractivity contribution in [1.82, 2.24) is 14.9 Å². The van der Waals surface area contributed by atoms with Crippen LogP contribution in [0.15, 0.2) is 16.9 Å². The molecule has 0 saturated carbocycles. The highest BCUT2D eigenvalue weighted by Crippen LogP contribution is 2.14. The first kappa shape index (κ1) is 12.2. The molecule has 2 aromatic rings. The Morgan fingerprint density at radius 1 is 1.56 bits per heavy atom. The maximum atomic E-state index is 10.7. The number of carbonyl (C=O) groups is 1. The second kappa shape index (κ2) is 4.91. The molecule has 18 heavy (non-hydrogen) atoms. The summed E-state index contributed by atoms with van der Waals surface area (Å²) in [4.78, 5) is 10.7. The van der Waals surface area contributed by atoms with Crippen LogP contribution in [0.2, 0.25) is 0 Å². The van der Waals surface area contributed by atoms with E-state index in [1.54, 1.807) is 12.4 Å². The SMILES string of the molecule is Cc1noc(C)c1CNc1cnn(CC(N)=O)c1. The summed E-state index contributed by atoms with van der Waals surface area (Å²) >= 11 is 0. The van der Waals surface area contributed by atoms with Crippen LogP contribution in [0.25, 0.3) is 0 Å². The quantitative estimate of drug-likeness (QED) is 0.807. The number of nitrogens with zero attached hydrogens (tertiary/aromatic N) is 3. The van der Waals surface area contributed by atoms with Gasteiger partial charge in [-0.25, -0.2) is 0 Å². The summed E-state index contributed by atoms with van der Waals surface area (Å²) in [6.07, 6.45) is 3.37. The van der Waals surface area contributed by atoms with Crippen LogP contribution < -0.4 is 11.1 Å². The fourth-order valence-corrected chi connectivity index (χ4v) is 1.65. The molecule has 0 spiro atoms. The number of aryl methyl sites for hydroxylation is 2. The fourth-order valence-electron chi connectivity index (χ4n) is 1.65. The van der Waals surface area contributed by atoms with Gasteiger partial charge in [0, 0.05) is 18.3 Å². The predicted octanol–water partition coefficient (Wildman–Crippen LogP) is 0.585. The first-order valence-electron chi connectivity index (χ1n) is 5.52. The minimum atomic E-state index is -0.421. The van der Waals surface area contributed by atoms with Crippen molar-refractivity contribution in [3.8, 4) is 0 Å². The van der Waals surface area contributed by atoms with Gasteiger partial charge in [-0.05, 0) is 13.8 Å². The van der Waals surface area contributed by atoms with Crippen LogP contribution in [0, 0.1) is 13.8 Å². The lowest BCUT2D eigenvalue weighted by Gasteiger charge is -2.02. The van der Waals surface area contributed by atoms with E-state index < -0.39 is 5.91 Å². The molecule has 0 aromatic carbocycles. The summed E-state index contributed by atoms with van der Waals surface area (Å²) in [6.45, 7) is 4.44. The number of nitrogens with two attached hydrogens (primary N) is 1. The van der Waals surface area contributed by atoms with Crippen molar-refractivity contribution in [1.29, 1.82) is 0 Å². The third-order valence-corrected chi connectivity index (χ3v) is 2.60. The van der Waals surface area contributed by atoms with Crippen molar-refractivity contribution in [2.24, 2.45) is 5.73 Å². The van der Waals surface area contributed by atoms with Crippen LogP contribution in [0.4, 0.5) is 5.69 Å². The van der Waals surface area contributed by atoms with Gasteiger partial charge in [0.25, 0.3) is 0 Å². The molecule has 0 radical (unpaired) electrons. The maximum absolute atomic E-state index is 10.7. The molecule has 0 aliphatic rings. The number of rotatable bonds is 5. The molecule has 7 heteroatoms. The Hall–Kier alpha value is -2.31. The zero-order chi connectivity index (χ0) is 13.1. The molecule has 0 bridgehead atoms. The number of hydrogen-bond acceptors (Lipinski definition) is 5. The van der Waals surface area contributed by atoms with E-state index in [2.05, 4.69) is 15.6 Å². The second-order valence-electron chi connectivity index (χ2n) is 4.05. The zero-order valence-corrected chi connectivity index (χ0v) is 10.3. The summed E-state index contributed by atoms with van der Waals surface area (Å²) in [6, 6.07) is 0. The van der Waals surface area contributed by atoms with Gasteiger partial charge in [0.05, 0.1) is 17.6 Å². The zero-order valence-electron chi connectivity index (χ0n) is 10.3. The van der Waals surface area contributed by atoms with Crippen LogP contribution >= 0.6 is 0 Å². The molecule has 2 heterocycles. The molecule has 96 valence electrons. The topological polar surface area (TPSA) is 99.0 Å². The fraction of sp³-hybridized carbons (Fsp3) is 0.364. The van der Waals surface area contributed by atoms with Crippen LogP contribution in [0.3, 0.4) is 0 Å². The van der Waals surface area contributed by atoms with Crippen molar-refractivity contribution < 1.29 is 9.32 Å². The highest BCUT2D eigenvalue weighted by atomic mass is 16.5. The Bertz CT molecular complexity index is 538. The van der Waals surface area contributed by atoms with Crippen LogP contribution in [-0.4, -0.2) is 20.8 Å². The van der Waals surface area contributed by atoms with E-state index in [1.165, 1.54) is 4.68 Å². The minimum absolute atomic E-state index is 0.0764. The summed E-state index contributed by atoms with van der Waals surface area (Å²) in [5.74, 6) is 0.375. The van der Waals surface area contributed by atoms with Crippen molar-refractivity contribution in [3.05, 3.63) is 29.4 Å². The number of aromatic nitrogens is 3. The van der Waals surface area contributed by atoms with Gasteiger partial charge in [0.2, 0.25) is 5.91 Å². The largest absolute Gasteiger partial charge is 0.378 e. The van der Waals surface area contributed by atoms with E-state index in [0.29, 0.717) is 6.54 Å². The van der Waals surface area contributed by atoms with Gasteiger partial charge in [-0.3, -0.25) is 9.48 Å². The Kier molecular flexibility index (Phi) is 3.31. The summed E-state index contributed by atoms with van der Waals surface area (Å²) in [5.41, 5.74) is 7.79. The molecule has 0 unspecified atom stereocenters. The van der Waals surface area contributed by atoms with E-state index in [4.69, 9.17) is 10.3 Å². The standard InChI is InChI=1S/C11H15N5O2/c1-7-10(8(2)18-15-7)4-13-9-3-14-16(5-9)6-11(12)17/h3,5,13H,4,6H2,1-2H3,(H2,12,17). The van der Waals surface area contributed by atoms with Gasteiger partial charge in [0.1, 0.15) is 12.3 Å². The van der Waals surface area contributed by atoms with Crippen molar-refractivity contribution in [3.63, 3.8) is 0 Å². The molecule has 2 aromatic heterocycles. The summed E-state index contributed by atoms with van der Waals surface area (Å²) in [5, 5.41) is 11.1. The Labute approximate surface area is 104 Å². The first-order valence-corrected chi connectivity index (χ1v) is 5.52. The lowest BCUT2D eigenvalue weighted by Crippen LogP contribution is -2.18. The highest BCUT2D eigenvalue weighted by molar-refractivity contribution is 5.73. The number of nitrogens with one attached hydrogen (secondary N) is 1. The van der Waals surface area contributed by atoms with E-state index in [1.807, 2.05) is 13.8 Å². The lowest BCUT2D eigenvalue weighted by molar-refractivity contribution is -0.118. The average Bonchev–Trinajstić information content (AvgIpc) is 2.84. The number of carbonyl (C=O) groups excluding carboxylic acids is 1. The number of amides is 1. The van der Waals surface area contributed by atoms with Crippen LogP contribution in [-0.2, 0) is 17.9 Å². The molecule has 0 saturated heterocycles. The smallest absolute Gasteiger partial charge is 0.239 e. The van der Waals surface area contributed by atoms with Gasteiger partial charge in [-0.15, -0.1) is 0 Å². The van der Waals surface area contributed by atoms with Gasteiger partial charge in [0.15, 0.2) is 0 Å². The van der Waals surface area contributed by atoms with Gasteiger partial charge in [-0.2, -0.15) is 5.10 Å². The van der Waals surface area contributed by atoms with E-state index in [9.17, 15) is 4.79 Å². The Morgan fingerprint density at radius 2 is 2.33 bits per heavy atom. The molecular formula is C11H15N5O2. The molecule has 0 aliphatic heterocycles. The second-order valence-corrected chi connectivity index (χ2v) is 4.05. The molecule has 7 nitrogen and oxygen atoms in total. The van der Waals surface area contributed by atoms with Crippen LogP contribution in [0.5, 0.6) is 0 Å². The molecule has 0 atom stereocenters. The van der Waals surface area contributed by atoms with Crippen molar-refractivity contribution in [2.45, 2.75) is 26.9 Å². The molecular weight excluding hydrogens is 234 g/mol. The molecule has 3 N–H and O–H groups in total. The number of hydrogen-bond donors (Lipinski definition) is 2. The molecule has 1 amide bonds. The lowest BCUT2D eigenvalue weighted by atomic mass is 10.2. The molecule has 0 aliphatic carbocycles. The Morgan fingerprint density at radius 3 is 2.94 bits per heavy atom. The first-order chi connectivity index (χ1) is 8.56. The van der Waals surface area contributed by atoms with Gasteiger partial charge >= 0.3 is 0 Å². The van der Waals surface area contributed by atoms with E-state index in [-0.39, 0.29) is 6.54 Å². The van der Waals surface area contributed by atoms with Crippen molar-refractivity contribution >= 4 is 11.6 Å². The summed E-state index contributed by atoms with van der Waals surface area (Å²) in [7, 11) is 0. The normalized spacial score (nSPS) is 10.6. The molecule has 2 rings (SSSR count). The monoisotopic (exact) mass is 249 g/mol. The van der Waals surface area contributed by atoms with E-state index in [0.717, 1.165) is 22.7 Å². The predicted molar refractivity (Wildman–Crippen MR) is 64.7 cm³/mol. The molecule has 0 fully saturated rings. The number of primary amides is 1. The minimum Gasteiger partial charge on any atom is -0.378 e. The average molecular weight is 249 g/mol. The third kappa shape index (κ3) is 2.68. The summed E-state index contributed by atoms with van der Waals surface area (Å²) < 4.78 is 6.55. The van der Waals surface area contributed by atoms with Gasteiger partial charge < -0.3 is 15.6 Å². The van der Waals surface area contributed by atoms with Crippen molar-refractivity contribution in [2.75, 3.05) is 5.32 Å². The number of anilines is 1. The highest BCUT2D eigenvalue weighted by Gasteiger charge is 2.09. The van der Waals surface area contributed by atoms with E-state index >= 15 is 0 Å².